The lowest BCUT2D eigenvalue weighted by Gasteiger charge is -2.24. The summed E-state index contributed by atoms with van der Waals surface area (Å²) in [6, 6.07) is 17.9. The molecule has 0 saturated heterocycles. The molecule has 0 fully saturated rings. The van der Waals surface area contributed by atoms with Crippen LogP contribution in [-0.2, 0) is 31.9 Å². The Morgan fingerprint density at radius 3 is 1.72 bits per heavy atom. The molecule has 0 aromatic heterocycles. The van der Waals surface area contributed by atoms with E-state index in [4.69, 9.17) is 9.47 Å². The van der Waals surface area contributed by atoms with Gasteiger partial charge in [0.1, 0.15) is 34.5 Å². The van der Waals surface area contributed by atoms with Crippen molar-refractivity contribution >= 4 is 34.3 Å². The summed E-state index contributed by atoms with van der Waals surface area (Å²) in [4.78, 5) is 24.7. The molecule has 2 unspecified atom stereocenters. The zero-order chi connectivity index (χ0) is 26.6. The summed E-state index contributed by atoms with van der Waals surface area (Å²) in [5.74, 6) is 2.15. The number of carbonyl (C=O) groups excluding carboxylic acids is 2. The van der Waals surface area contributed by atoms with Crippen molar-refractivity contribution in [1.29, 1.82) is 0 Å². The highest BCUT2D eigenvalue weighted by Crippen LogP contribution is 2.28. The average molecular weight is 535 g/mol. The van der Waals surface area contributed by atoms with Gasteiger partial charge in [0.15, 0.2) is 0 Å². The second-order valence-corrected chi connectivity index (χ2v) is 13.7. The minimum Gasteiger partial charge on any atom is -0.616 e. The van der Waals surface area contributed by atoms with Gasteiger partial charge in [0.2, 0.25) is 0 Å². The van der Waals surface area contributed by atoms with Crippen molar-refractivity contribution in [2.24, 2.45) is 10.8 Å². The molecular weight excluding hydrogens is 496 g/mol. The minimum absolute atomic E-state index is 0.242. The molecule has 2 aromatic carbocycles. The second-order valence-electron chi connectivity index (χ2n) is 10.3. The normalized spacial score (nSPS) is 13.6. The molecule has 36 heavy (non-hydrogen) atoms. The number of hydrogen-bond donors (Lipinski definition) is 0. The molecule has 6 nitrogen and oxygen atoms in total. The topological polar surface area (TPSA) is 98.7 Å². The molecule has 0 radical (unpaired) electrons. The van der Waals surface area contributed by atoms with Gasteiger partial charge < -0.3 is 18.6 Å². The third-order valence-electron chi connectivity index (χ3n) is 5.81. The van der Waals surface area contributed by atoms with Gasteiger partial charge in [0.25, 0.3) is 0 Å². The molecule has 2 aromatic rings. The molecular formula is C28H38O6S2. The summed E-state index contributed by atoms with van der Waals surface area (Å²) >= 11 is -2.15. The Bertz CT molecular complexity index is 934. The highest BCUT2D eigenvalue weighted by Gasteiger charge is 2.32. The number of esters is 2. The summed E-state index contributed by atoms with van der Waals surface area (Å²) in [7, 11) is 0. The summed E-state index contributed by atoms with van der Waals surface area (Å²) < 4.78 is 35.7. The summed E-state index contributed by atoms with van der Waals surface area (Å²) in [6.07, 6.45) is 1.90. The first-order valence-corrected chi connectivity index (χ1v) is 15.2. The second kappa shape index (κ2) is 14.7. The molecule has 2 atom stereocenters. The van der Waals surface area contributed by atoms with E-state index in [0.717, 1.165) is 0 Å². The molecule has 0 aliphatic rings. The van der Waals surface area contributed by atoms with Crippen LogP contribution in [0, 0.1) is 10.8 Å². The first kappa shape index (κ1) is 30.2. The van der Waals surface area contributed by atoms with Crippen LogP contribution in [0.25, 0.3) is 0 Å². The van der Waals surface area contributed by atoms with Gasteiger partial charge in [-0.15, -0.1) is 0 Å². The summed E-state index contributed by atoms with van der Waals surface area (Å²) in [6.45, 7) is 7.52. The van der Waals surface area contributed by atoms with Crippen LogP contribution >= 0.6 is 0 Å². The standard InChI is InChI=1S/C28H38O6S2/c1-27(2,22-25(29)33-23-12-7-5-8-13-23)16-20-35(31)18-11-19-36(32)21-17-28(3,4)26(30)34-24-14-9-6-10-15-24/h5-10,12-15H,11,16-22H2,1-4H3. The smallest absolute Gasteiger partial charge is 0.317 e. The Labute approximate surface area is 221 Å². The van der Waals surface area contributed by atoms with Gasteiger partial charge in [-0.1, -0.05) is 72.6 Å². The van der Waals surface area contributed by atoms with E-state index in [0.29, 0.717) is 53.8 Å². The SMILES string of the molecule is CC(C)(CC[S+]([O-])CCC[S+]([O-])CCC(C)(C)C(=O)Oc1ccccc1)CC(=O)Oc1ccccc1. The Morgan fingerprint density at radius 1 is 0.722 bits per heavy atom. The van der Waals surface area contributed by atoms with E-state index < -0.39 is 27.8 Å². The van der Waals surface area contributed by atoms with Gasteiger partial charge in [-0.3, -0.25) is 9.59 Å². The van der Waals surface area contributed by atoms with Gasteiger partial charge in [0.05, 0.1) is 11.8 Å². The van der Waals surface area contributed by atoms with Gasteiger partial charge in [-0.05, 0) is 49.9 Å². The van der Waals surface area contributed by atoms with E-state index in [2.05, 4.69) is 0 Å². The first-order valence-electron chi connectivity index (χ1n) is 12.2. The quantitative estimate of drug-likeness (QED) is 0.174. The van der Waals surface area contributed by atoms with Crippen LogP contribution in [-0.4, -0.2) is 44.1 Å². The van der Waals surface area contributed by atoms with Crippen LogP contribution in [0.5, 0.6) is 11.5 Å². The lowest BCUT2D eigenvalue weighted by Crippen LogP contribution is -2.31. The third-order valence-corrected chi connectivity index (χ3v) is 8.62. The van der Waals surface area contributed by atoms with Crippen LogP contribution in [0.15, 0.2) is 60.7 Å². The molecule has 0 spiro atoms. The van der Waals surface area contributed by atoms with Crippen molar-refractivity contribution in [1.82, 2.24) is 0 Å². The minimum atomic E-state index is -1.10. The maximum Gasteiger partial charge on any atom is 0.317 e. The summed E-state index contributed by atoms with van der Waals surface area (Å²) in [5, 5.41) is 0. The van der Waals surface area contributed by atoms with Crippen LogP contribution in [0.4, 0.5) is 0 Å². The number of ether oxygens (including phenoxy) is 2. The van der Waals surface area contributed by atoms with E-state index in [9.17, 15) is 18.7 Å². The highest BCUT2D eigenvalue weighted by molar-refractivity contribution is 7.92. The molecule has 0 heterocycles. The first-order chi connectivity index (χ1) is 17.0. The van der Waals surface area contributed by atoms with Crippen molar-refractivity contribution < 1.29 is 28.2 Å². The van der Waals surface area contributed by atoms with Gasteiger partial charge in [-0.2, -0.15) is 0 Å². The van der Waals surface area contributed by atoms with E-state index in [1.807, 2.05) is 38.1 Å². The number of rotatable bonds is 15. The van der Waals surface area contributed by atoms with Crippen molar-refractivity contribution in [3.05, 3.63) is 60.7 Å². The van der Waals surface area contributed by atoms with Crippen LogP contribution < -0.4 is 9.47 Å². The molecule has 0 amide bonds. The monoisotopic (exact) mass is 534 g/mol. The Hall–Kier alpha value is -2.00. The predicted molar refractivity (Wildman–Crippen MR) is 146 cm³/mol. The highest BCUT2D eigenvalue weighted by atomic mass is 32.2. The predicted octanol–water partition coefficient (Wildman–Crippen LogP) is 5.31. The third kappa shape index (κ3) is 11.8. The Kier molecular flexibility index (Phi) is 12.3. The zero-order valence-corrected chi connectivity index (χ0v) is 23.3. The van der Waals surface area contributed by atoms with Crippen LogP contribution in [0.2, 0.25) is 0 Å². The van der Waals surface area contributed by atoms with E-state index in [1.54, 1.807) is 50.2 Å². The fourth-order valence-corrected chi connectivity index (χ4v) is 6.36. The number of hydrogen-bond acceptors (Lipinski definition) is 6. The van der Waals surface area contributed by atoms with Crippen LogP contribution in [0.1, 0.15) is 53.4 Å². The molecule has 8 heteroatoms. The number of para-hydroxylation sites is 2. The molecule has 198 valence electrons. The van der Waals surface area contributed by atoms with Crippen molar-refractivity contribution in [3.8, 4) is 11.5 Å². The Morgan fingerprint density at radius 2 is 1.19 bits per heavy atom. The van der Waals surface area contributed by atoms with Gasteiger partial charge in [-0.25, -0.2) is 0 Å². The average Bonchev–Trinajstić information content (AvgIpc) is 2.82. The largest absolute Gasteiger partial charge is 0.616 e. The molecule has 2 rings (SSSR count). The fraction of sp³-hybridized carbons (Fsp3) is 0.500. The zero-order valence-electron chi connectivity index (χ0n) is 21.7. The number of carbonyl (C=O) groups is 2. The Balaban J connectivity index is 1.62. The van der Waals surface area contributed by atoms with Crippen molar-refractivity contribution in [2.75, 3.05) is 23.0 Å². The van der Waals surface area contributed by atoms with Crippen molar-refractivity contribution in [3.63, 3.8) is 0 Å². The lowest BCUT2D eigenvalue weighted by atomic mass is 9.86. The molecule has 0 aliphatic heterocycles. The van der Waals surface area contributed by atoms with Crippen LogP contribution in [0.3, 0.4) is 0 Å². The fourth-order valence-electron chi connectivity index (χ4n) is 3.32. The van der Waals surface area contributed by atoms with Crippen molar-refractivity contribution in [2.45, 2.75) is 53.4 Å². The lowest BCUT2D eigenvalue weighted by molar-refractivity contribution is -0.144. The van der Waals surface area contributed by atoms with E-state index in [-0.39, 0.29) is 23.8 Å². The maximum absolute atomic E-state index is 12.5. The molecule has 0 aliphatic carbocycles. The molecule has 0 bridgehead atoms. The molecule has 0 saturated carbocycles. The van der Waals surface area contributed by atoms with E-state index >= 15 is 0 Å². The number of benzene rings is 2. The van der Waals surface area contributed by atoms with E-state index in [1.165, 1.54) is 0 Å². The molecule has 0 N–H and O–H groups in total. The maximum atomic E-state index is 12.5. The van der Waals surface area contributed by atoms with Gasteiger partial charge >= 0.3 is 11.9 Å². The summed E-state index contributed by atoms with van der Waals surface area (Å²) in [5.41, 5.74) is -1.08. The van der Waals surface area contributed by atoms with Gasteiger partial charge in [0, 0.05) is 12.8 Å².